The third-order valence-electron chi connectivity index (χ3n) is 3.36. The third-order valence-corrected chi connectivity index (χ3v) is 4.10. The van der Waals surface area contributed by atoms with Crippen molar-refractivity contribution in [3.05, 3.63) is 70.1 Å². The van der Waals surface area contributed by atoms with E-state index in [1.807, 2.05) is 36.4 Å². The summed E-state index contributed by atoms with van der Waals surface area (Å²) in [6, 6.07) is 14.8. The molecule has 0 fully saturated rings. The zero-order valence-electron chi connectivity index (χ0n) is 12.6. The summed E-state index contributed by atoms with van der Waals surface area (Å²) >= 11 is 9.24. The minimum absolute atomic E-state index is 0.0839. The number of hydrogen-bond acceptors (Lipinski definition) is 3. The van der Waals surface area contributed by atoms with Crippen LogP contribution in [0.5, 0.6) is 0 Å². The molecule has 24 heavy (non-hydrogen) atoms. The summed E-state index contributed by atoms with van der Waals surface area (Å²) in [6.45, 7) is 0. The van der Waals surface area contributed by atoms with E-state index in [-0.39, 0.29) is 5.91 Å². The quantitative estimate of drug-likeness (QED) is 0.624. The molecule has 0 radical (unpaired) electrons. The average molecular weight is 406 g/mol. The summed E-state index contributed by atoms with van der Waals surface area (Å²) in [4.78, 5) is 16.2. The first kappa shape index (κ1) is 16.7. The van der Waals surface area contributed by atoms with Gasteiger partial charge in [0.2, 0.25) is 5.91 Å². The number of nitrogens with one attached hydrogen (secondary N) is 1. The molecule has 1 aromatic heterocycles. The minimum atomic E-state index is -0.0839. The van der Waals surface area contributed by atoms with Gasteiger partial charge in [-0.1, -0.05) is 33.6 Å². The molecular formula is C18H14BrClN2O2. The Morgan fingerprint density at radius 2 is 2.00 bits per heavy atom. The second-order valence-corrected chi connectivity index (χ2v) is 6.54. The van der Waals surface area contributed by atoms with Crippen LogP contribution in [0.2, 0.25) is 5.02 Å². The fourth-order valence-electron chi connectivity index (χ4n) is 2.18. The van der Waals surface area contributed by atoms with Gasteiger partial charge in [0, 0.05) is 33.6 Å². The second kappa shape index (κ2) is 7.64. The highest BCUT2D eigenvalue weighted by molar-refractivity contribution is 9.10. The number of amides is 1. The lowest BCUT2D eigenvalue weighted by molar-refractivity contribution is -0.116. The highest BCUT2D eigenvalue weighted by Crippen LogP contribution is 2.23. The molecule has 0 aliphatic heterocycles. The van der Waals surface area contributed by atoms with Crippen LogP contribution in [0.3, 0.4) is 0 Å². The number of oxazole rings is 1. The van der Waals surface area contributed by atoms with E-state index in [4.69, 9.17) is 16.0 Å². The Morgan fingerprint density at radius 3 is 2.75 bits per heavy atom. The zero-order chi connectivity index (χ0) is 16.9. The van der Waals surface area contributed by atoms with Crippen LogP contribution in [0.15, 0.2) is 63.6 Å². The summed E-state index contributed by atoms with van der Waals surface area (Å²) in [5, 5.41) is 3.51. The second-order valence-electron chi connectivity index (χ2n) is 5.18. The van der Waals surface area contributed by atoms with Crippen LogP contribution < -0.4 is 5.32 Å². The zero-order valence-corrected chi connectivity index (χ0v) is 15.0. The molecule has 0 bridgehead atoms. The number of nitrogens with zero attached hydrogens (tertiary/aromatic N) is 1. The SMILES string of the molecule is O=C(CCc1ncc(-c2ccc(Cl)cc2)o1)Nc1cccc(Br)c1. The summed E-state index contributed by atoms with van der Waals surface area (Å²) in [6.07, 6.45) is 2.39. The van der Waals surface area contributed by atoms with Gasteiger partial charge in [0.25, 0.3) is 0 Å². The lowest BCUT2D eigenvalue weighted by Crippen LogP contribution is -2.12. The standard InChI is InChI=1S/C18H14BrClN2O2/c19-13-2-1-3-15(10-13)22-17(23)8-9-18-21-11-16(24-18)12-4-6-14(20)7-5-12/h1-7,10-11H,8-9H2,(H,22,23). The maximum atomic E-state index is 12.0. The van der Waals surface area contributed by atoms with Crippen molar-refractivity contribution in [1.29, 1.82) is 0 Å². The van der Waals surface area contributed by atoms with E-state index in [2.05, 4.69) is 26.2 Å². The molecule has 1 heterocycles. The highest BCUT2D eigenvalue weighted by Gasteiger charge is 2.09. The summed E-state index contributed by atoms with van der Waals surface area (Å²) < 4.78 is 6.60. The molecule has 4 nitrogen and oxygen atoms in total. The number of rotatable bonds is 5. The molecule has 0 saturated heterocycles. The molecule has 3 aromatic rings. The van der Waals surface area contributed by atoms with Gasteiger partial charge < -0.3 is 9.73 Å². The predicted octanol–water partition coefficient (Wildman–Crippen LogP) is 5.33. The highest BCUT2D eigenvalue weighted by atomic mass is 79.9. The van der Waals surface area contributed by atoms with E-state index in [0.29, 0.717) is 29.5 Å². The maximum absolute atomic E-state index is 12.0. The molecule has 0 spiro atoms. The number of aromatic nitrogens is 1. The van der Waals surface area contributed by atoms with Crippen molar-refractivity contribution < 1.29 is 9.21 Å². The Labute approximate surface area is 153 Å². The molecule has 122 valence electrons. The molecule has 3 rings (SSSR count). The van der Waals surface area contributed by atoms with Gasteiger partial charge in [-0.2, -0.15) is 0 Å². The Morgan fingerprint density at radius 1 is 1.21 bits per heavy atom. The van der Waals surface area contributed by atoms with Gasteiger partial charge in [-0.05, 0) is 42.5 Å². The van der Waals surface area contributed by atoms with E-state index in [1.165, 1.54) is 0 Å². The Hall–Kier alpha value is -2.11. The smallest absolute Gasteiger partial charge is 0.224 e. The molecule has 1 amide bonds. The minimum Gasteiger partial charge on any atom is -0.441 e. The lowest BCUT2D eigenvalue weighted by Gasteiger charge is -2.04. The van der Waals surface area contributed by atoms with E-state index in [9.17, 15) is 4.79 Å². The topological polar surface area (TPSA) is 55.1 Å². The van der Waals surface area contributed by atoms with Gasteiger partial charge in [-0.15, -0.1) is 0 Å². The fraction of sp³-hybridized carbons (Fsp3) is 0.111. The molecule has 0 aliphatic carbocycles. The summed E-state index contributed by atoms with van der Waals surface area (Å²) in [7, 11) is 0. The molecule has 0 aliphatic rings. The van der Waals surface area contributed by atoms with Crippen LogP contribution in [0, 0.1) is 0 Å². The van der Waals surface area contributed by atoms with E-state index in [1.54, 1.807) is 18.3 Å². The van der Waals surface area contributed by atoms with Gasteiger partial charge >= 0.3 is 0 Å². The molecule has 0 atom stereocenters. The first-order valence-electron chi connectivity index (χ1n) is 7.36. The third kappa shape index (κ3) is 4.46. The van der Waals surface area contributed by atoms with E-state index < -0.39 is 0 Å². The fourth-order valence-corrected chi connectivity index (χ4v) is 2.71. The molecular weight excluding hydrogens is 392 g/mol. The largest absolute Gasteiger partial charge is 0.441 e. The molecule has 0 unspecified atom stereocenters. The maximum Gasteiger partial charge on any atom is 0.224 e. The lowest BCUT2D eigenvalue weighted by atomic mass is 10.2. The Balaban J connectivity index is 1.57. The summed E-state index contributed by atoms with van der Waals surface area (Å²) in [5.41, 5.74) is 1.65. The van der Waals surface area contributed by atoms with Crippen molar-refractivity contribution in [2.45, 2.75) is 12.8 Å². The van der Waals surface area contributed by atoms with Crippen LogP contribution >= 0.6 is 27.5 Å². The van der Waals surface area contributed by atoms with Crippen molar-refractivity contribution in [2.75, 3.05) is 5.32 Å². The summed E-state index contributed by atoms with van der Waals surface area (Å²) in [5.74, 6) is 1.11. The van der Waals surface area contributed by atoms with Gasteiger partial charge in [-0.25, -0.2) is 4.98 Å². The molecule has 6 heteroatoms. The number of anilines is 1. The van der Waals surface area contributed by atoms with Crippen molar-refractivity contribution >= 4 is 39.1 Å². The van der Waals surface area contributed by atoms with Crippen molar-refractivity contribution in [3.63, 3.8) is 0 Å². The van der Waals surface area contributed by atoms with Gasteiger partial charge in [-0.3, -0.25) is 4.79 Å². The number of hydrogen-bond donors (Lipinski definition) is 1. The van der Waals surface area contributed by atoms with Gasteiger partial charge in [0.15, 0.2) is 11.7 Å². The first-order chi connectivity index (χ1) is 11.6. The van der Waals surface area contributed by atoms with Crippen LogP contribution in [0.25, 0.3) is 11.3 Å². The van der Waals surface area contributed by atoms with E-state index in [0.717, 1.165) is 15.7 Å². The van der Waals surface area contributed by atoms with Crippen LogP contribution in [0.1, 0.15) is 12.3 Å². The van der Waals surface area contributed by atoms with Crippen LogP contribution in [0.4, 0.5) is 5.69 Å². The average Bonchev–Trinajstić information content (AvgIpc) is 3.03. The monoisotopic (exact) mass is 404 g/mol. The number of benzene rings is 2. The van der Waals surface area contributed by atoms with Gasteiger partial charge in [0.05, 0.1) is 6.20 Å². The predicted molar refractivity (Wildman–Crippen MR) is 98.0 cm³/mol. The van der Waals surface area contributed by atoms with Crippen molar-refractivity contribution in [2.24, 2.45) is 0 Å². The molecule has 1 N–H and O–H groups in total. The number of carbonyl (C=O) groups is 1. The molecule has 2 aromatic carbocycles. The van der Waals surface area contributed by atoms with Crippen LogP contribution in [-0.4, -0.2) is 10.9 Å². The Kier molecular flexibility index (Phi) is 5.33. The van der Waals surface area contributed by atoms with E-state index >= 15 is 0 Å². The number of carbonyl (C=O) groups excluding carboxylic acids is 1. The van der Waals surface area contributed by atoms with Crippen molar-refractivity contribution in [1.82, 2.24) is 4.98 Å². The number of halogens is 2. The number of aryl methyl sites for hydroxylation is 1. The normalized spacial score (nSPS) is 10.6. The van der Waals surface area contributed by atoms with Crippen molar-refractivity contribution in [3.8, 4) is 11.3 Å². The molecule has 0 saturated carbocycles. The van der Waals surface area contributed by atoms with Crippen LogP contribution in [-0.2, 0) is 11.2 Å². The van der Waals surface area contributed by atoms with Gasteiger partial charge in [0.1, 0.15) is 0 Å². The first-order valence-corrected chi connectivity index (χ1v) is 8.53. The Bertz CT molecular complexity index is 846.